The summed E-state index contributed by atoms with van der Waals surface area (Å²) in [5, 5.41) is 35.0. The fourth-order valence-corrected chi connectivity index (χ4v) is 4.87. The standard InChI is InChI=1S/C20H41N5O7/c1-8(21)12-5-4-9(22)18(30-12)31-15-10(23)6-11(24)16(13(15)26)32-19-14(27)17(25-3)20(2,28)7-29-19/h8-19,25-28H,4-7,21-24H2,1-3H3/t8?,9?,10?,11?,12-,13?,14?,15?,16?,17?,18?,19?,20+/m1/s1. The first-order valence-electron chi connectivity index (χ1n) is 11.3. The number of nitrogens with one attached hydrogen (secondary N) is 1. The van der Waals surface area contributed by atoms with Crippen molar-refractivity contribution in [3.63, 3.8) is 0 Å². The number of aliphatic hydroxyl groups excluding tert-OH is 2. The van der Waals surface area contributed by atoms with E-state index in [0.29, 0.717) is 12.8 Å². The van der Waals surface area contributed by atoms with E-state index in [9.17, 15) is 15.3 Å². The van der Waals surface area contributed by atoms with Gasteiger partial charge >= 0.3 is 0 Å². The van der Waals surface area contributed by atoms with Gasteiger partial charge in [0.25, 0.3) is 0 Å². The SMILES string of the molecule is CNC1C(O)C(OC2C(N)CC(N)C(OC3O[C@@H](C(C)N)CCC3N)C2O)OC[C@]1(C)O. The summed E-state index contributed by atoms with van der Waals surface area (Å²) in [4.78, 5) is 0. The molecule has 0 aromatic rings. The highest BCUT2D eigenvalue weighted by molar-refractivity contribution is 5.02. The molecule has 0 aromatic carbocycles. The molecule has 12 heteroatoms. The van der Waals surface area contributed by atoms with Crippen molar-refractivity contribution in [3.8, 4) is 0 Å². The van der Waals surface area contributed by atoms with Crippen LogP contribution in [0.4, 0.5) is 0 Å². The van der Waals surface area contributed by atoms with Crippen molar-refractivity contribution < 1.29 is 34.3 Å². The van der Waals surface area contributed by atoms with Gasteiger partial charge < -0.3 is 62.5 Å². The molecule has 3 fully saturated rings. The van der Waals surface area contributed by atoms with Gasteiger partial charge in [-0.15, -0.1) is 0 Å². The van der Waals surface area contributed by atoms with Crippen molar-refractivity contribution >= 4 is 0 Å². The third kappa shape index (κ3) is 5.43. The smallest absolute Gasteiger partial charge is 0.185 e. The molecular formula is C20H41N5O7. The van der Waals surface area contributed by atoms with Gasteiger partial charge in [0.1, 0.15) is 30.0 Å². The quantitative estimate of drug-likeness (QED) is 0.192. The topological polar surface area (TPSA) is 214 Å². The minimum Gasteiger partial charge on any atom is -0.388 e. The molecule has 32 heavy (non-hydrogen) atoms. The number of nitrogens with two attached hydrogens (primary N) is 4. The Balaban J connectivity index is 1.69. The Morgan fingerprint density at radius 3 is 2.16 bits per heavy atom. The van der Waals surface area contributed by atoms with Crippen molar-refractivity contribution in [3.05, 3.63) is 0 Å². The number of hydrogen-bond donors (Lipinski definition) is 8. The largest absolute Gasteiger partial charge is 0.388 e. The average molecular weight is 464 g/mol. The molecule has 1 aliphatic carbocycles. The van der Waals surface area contributed by atoms with Crippen LogP contribution in [0, 0.1) is 0 Å². The van der Waals surface area contributed by atoms with Crippen LogP contribution in [0.25, 0.3) is 0 Å². The number of hydrogen-bond acceptors (Lipinski definition) is 12. The van der Waals surface area contributed by atoms with Crippen LogP contribution in [-0.4, -0.2) is 108 Å². The maximum Gasteiger partial charge on any atom is 0.185 e. The first kappa shape index (κ1) is 26.1. The molecule has 12 nitrogen and oxygen atoms in total. The Labute approximate surface area is 188 Å². The highest BCUT2D eigenvalue weighted by Gasteiger charge is 2.50. The number of likely N-dealkylation sites (N-methyl/N-ethyl adjacent to an activating group) is 1. The van der Waals surface area contributed by atoms with E-state index in [1.807, 2.05) is 6.92 Å². The number of aliphatic hydroxyl groups is 3. The number of ether oxygens (including phenoxy) is 4. The molecule has 2 saturated heterocycles. The zero-order valence-corrected chi connectivity index (χ0v) is 19.0. The lowest BCUT2D eigenvalue weighted by molar-refractivity contribution is -0.307. The van der Waals surface area contributed by atoms with Crippen molar-refractivity contribution in [2.24, 2.45) is 22.9 Å². The Kier molecular flexibility index (Phi) is 8.51. The summed E-state index contributed by atoms with van der Waals surface area (Å²) in [5.74, 6) is 0. The molecule has 0 spiro atoms. The highest BCUT2D eigenvalue weighted by Crippen LogP contribution is 2.31. The molecule has 0 bridgehead atoms. The van der Waals surface area contributed by atoms with E-state index < -0.39 is 60.7 Å². The zero-order chi connectivity index (χ0) is 23.8. The second-order valence-electron chi connectivity index (χ2n) is 9.69. The van der Waals surface area contributed by atoms with Gasteiger partial charge in [-0.1, -0.05) is 0 Å². The van der Waals surface area contributed by atoms with Gasteiger partial charge in [0.05, 0.1) is 24.8 Å². The highest BCUT2D eigenvalue weighted by atomic mass is 16.7. The molecule has 3 rings (SSSR count). The van der Waals surface area contributed by atoms with Gasteiger partial charge in [-0.05, 0) is 40.2 Å². The molecule has 1 saturated carbocycles. The van der Waals surface area contributed by atoms with E-state index in [2.05, 4.69) is 5.32 Å². The lowest BCUT2D eigenvalue weighted by Crippen LogP contribution is -2.68. The van der Waals surface area contributed by atoms with Crippen LogP contribution in [0.3, 0.4) is 0 Å². The van der Waals surface area contributed by atoms with Gasteiger partial charge in [0, 0.05) is 18.1 Å². The van der Waals surface area contributed by atoms with Gasteiger partial charge in [-0.3, -0.25) is 0 Å². The summed E-state index contributed by atoms with van der Waals surface area (Å²) in [6.45, 7) is 3.34. The molecule has 12 N–H and O–H groups in total. The summed E-state index contributed by atoms with van der Waals surface area (Å²) < 4.78 is 23.4. The van der Waals surface area contributed by atoms with E-state index in [1.54, 1.807) is 14.0 Å². The minimum atomic E-state index is -1.29. The van der Waals surface area contributed by atoms with E-state index >= 15 is 0 Å². The minimum absolute atomic E-state index is 0.0683. The van der Waals surface area contributed by atoms with Gasteiger partial charge in [-0.2, -0.15) is 0 Å². The van der Waals surface area contributed by atoms with Crippen molar-refractivity contribution in [2.45, 2.75) is 112 Å². The van der Waals surface area contributed by atoms with Crippen LogP contribution in [0.15, 0.2) is 0 Å². The second kappa shape index (κ2) is 10.4. The molecule has 2 aliphatic heterocycles. The molecule has 0 amide bonds. The molecule has 0 radical (unpaired) electrons. The monoisotopic (exact) mass is 463 g/mol. The Morgan fingerprint density at radius 2 is 1.59 bits per heavy atom. The zero-order valence-electron chi connectivity index (χ0n) is 19.0. The molecule has 0 aromatic heterocycles. The lowest BCUT2D eigenvalue weighted by atomic mass is 9.84. The van der Waals surface area contributed by atoms with Crippen molar-refractivity contribution in [2.75, 3.05) is 13.7 Å². The maximum absolute atomic E-state index is 11.1. The Bertz CT molecular complexity index is 615. The predicted octanol–water partition coefficient (Wildman–Crippen LogP) is -3.59. The van der Waals surface area contributed by atoms with E-state index in [0.717, 1.165) is 6.42 Å². The first-order chi connectivity index (χ1) is 15.0. The van der Waals surface area contributed by atoms with E-state index in [4.69, 9.17) is 41.9 Å². The molecule has 11 unspecified atom stereocenters. The van der Waals surface area contributed by atoms with Crippen LogP contribution in [0.2, 0.25) is 0 Å². The normalized spacial score (nSPS) is 51.4. The summed E-state index contributed by atoms with van der Waals surface area (Å²) in [7, 11) is 1.62. The maximum atomic E-state index is 11.1. The second-order valence-corrected chi connectivity index (χ2v) is 9.69. The van der Waals surface area contributed by atoms with E-state index in [1.165, 1.54) is 0 Å². The lowest BCUT2D eigenvalue weighted by Gasteiger charge is -2.48. The van der Waals surface area contributed by atoms with Gasteiger partial charge in [-0.25, -0.2) is 0 Å². The molecule has 3 aliphatic rings. The van der Waals surface area contributed by atoms with E-state index in [-0.39, 0.29) is 24.8 Å². The first-order valence-corrected chi connectivity index (χ1v) is 11.3. The van der Waals surface area contributed by atoms with Crippen LogP contribution >= 0.6 is 0 Å². The fraction of sp³-hybridized carbons (Fsp3) is 1.00. The average Bonchev–Trinajstić information content (AvgIpc) is 2.71. The van der Waals surface area contributed by atoms with Crippen LogP contribution in [0.5, 0.6) is 0 Å². The van der Waals surface area contributed by atoms with Crippen molar-refractivity contribution in [1.82, 2.24) is 5.32 Å². The summed E-state index contributed by atoms with van der Waals surface area (Å²) in [6, 6.07) is -2.47. The Hall–Kier alpha value is -0.480. The summed E-state index contributed by atoms with van der Waals surface area (Å²) >= 11 is 0. The Morgan fingerprint density at radius 1 is 1.00 bits per heavy atom. The van der Waals surface area contributed by atoms with Gasteiger partial charge in [0.15, 0.2) is 12.6 Å². The third-order valence-corrected chi connectivity index (χ3v) is 6.81. The summed E-state index contributed by atoms with van der Waals surface area (Å²) in [6.07, 6.45) is -4.58. The molecular weight excluding hydrogens is 422 g/mol. The molecule has 13 atom stereocenters. The van der Waals surface area contributed by atoms with Crippen molar-refractivity contribution in [1.29, 1.82) is 0 Å². The molecule has 188 valence electrons. The predicted molar refractivity (Wildman–Crippen MR) is 115 cm³/mol. The van der Waals surface area contributed by atoms with Gasteiger partial charge in [0.2, 0.25) is 0 Å². The summed E-state index contributed by atoms with van der Waals surface area (Å²) in [5.41, 5.74) is 23.3. The molecule has 2 heterocycles. The van der Waals surface area contributed by atoms with Crippen LogP contribution < -0.4 is 28.3 Å². The number of rotatable bonds is 6. The van der Waals surface area contributed by atoms with Crippen LogP contribution in [-0.2, 0) is 18.9 Å². The van der Waals surface area contributed by atoms with Crippen LogP contribution in [0.1, 0.15) is 33.1 Å². The fourth-order valence-electron chi connectivity index (χ4n) is 4.87. The third-order valence-electron chi connectivity index (χ3n) is 6.81.